The Kier molecular flexibility index (Phi) is 5.60. The maximum Gasteiger partial charge on any atom is 0.295 e. The van der Waals surface area contributed by atoms with Gasteiger partial charge in [0.15, 0.2) is 6.29 Å². The molecule has 3 nitrogen and oxygen atoms in total. The second kappa shape index (κ2) is 6.82. The van der Waals surface area contributed by atoms with E-state index >= 15 is 0 Å². The van der Waals surface area contributed by atoms with Crippen LogP contribution in [0.4, 0.5) is 0 Å². The van der Waals surface area contributed by atoms with Crippen LogP contribution in [-0.4, -0.2) is 19.4 Å². The van der Waals surface area contributed by atoms with E-state index in [0.29, 0.717) is 13.1 Å². The molecule has 0 amide bonds. The van der Waals surface area contributed by atoms with E-state index in [1.807, 2.05) is 0 Å². The number of rotatable bonds is 6. The number of carbonyl (C=O) groups is 1. The maximum absolute atomic E-state index is 9.98. The van der Waals surface area contributed by atoms with Gasteiger partial charge in [-0.3, -0.25) is 4.79 Å². The highest BCUT2D eigenvalue weighted by atomic mass is 16.7. The normalized spacial score (nSPS) is 20.4. The summed E-state index contributed by atoms with van der Waals surface area (Å²) >= 11 is 0. The van der Waals surface area contributed by atoms with Crippen LogP contribution in [0.15, 0.2) is 0 Å². The van der Waals surface area contributed by atoms with E-state index in [2.05, 4.69) is 4.74 Å². The second-order valence-electron chi connectivity index (χ2n) is 3.96. The molecular weight excluding hydrogens is 180 g/mol. The first-order valence-electron chi connectivity index (χ1n) is 5.53. The van der Waals surface area contributed by atoms with Gasteiger partial charge < -0.3 is 9.47 Å². The summed E-state index contributed by atoms with van der Waals surface area (Å²) in [5.41, 5.74) is 0. The predicted octanol–water partition coefficient (Wildman–Crippen LogP) is 2.49. The molecule has 0 saturated heterocycles. The molecule has 0 aromatic heterocycles. The fourth-order valence-electron chi connectivity index (χ4n) is 1.99. The van der Waals surface area contributed by atoms with Gasteiger partial charge >= 0.3 is 0 Å². The average molecular weight is 200 g/mol. The van der Waals surface area contributed by atoms with Crippen LogP contribution in [0.2, 0.25) is 0 Å². The van der Waals surface area contributed by atoms with Crippen molar-refractivity contribution in [1.82, 2.24) is 0 Å². The minimum atomic E-state index is -0.393. The fourth-order valence-corrected chi connectivity index (χ4v) is 1.99. The number of hydrogen-bond acceptors (Lipinski definition) is 3. The van der Waals surface area contributed by atoms with Crippen LogP contribution in [0.25, 0.3) is 0 Å². The average Bonchev–Trinajstić information content (AvgIpc) is 2.20. The predicted molar refractivity (Wildman–Crippen MR) is 53.8 cm³/mol. The fraction of sp³-hybridized carbons (Fsp3) is 0.909. The third-order valence-corrected chi connectivity index (χ3v) is 2.85. The summed E-state index contributed by atoms with van der Waals surface area (Å²) in [5.74, 6) is 0.826. The van der Waals surface area contributed by atoms with Crippen molar-refractivity contribution in [2.24, 2.45) is 5.92 Å². The highest BCUT2D eigenvalue weighted by Gasteiger charge is 2.13. The molecule has 14 heavy (non-hydrogen) atoms. The molecule has 0 heterocycles. The second-order valence-corrected chi connectivity index (χ2v) is 3.96. The van der Waals surface area contributed by atoms with Crippen molar-refractivity contribution in [3.63, 3.8) is 0 Å². The third kappa shape index (κ3) is 4.61. The van der Waals surface area contributed by atoms with Gasteiger partial charge in [-0.1, -0.05) is 32.1 Å². The first-order chi connectivity index (χ1) is 6.83. The Balaban J connectivity index is 1.99. The summed E-state index contributed by atoms with van der Waals surface area (Å²) in [5, 5.41) is 0. The van der Waals surface area contributed by atoms with Gasteiger partial charge in [-0.15, -0.1) is 0 Å². The van der Waals surface area contributed by atoms with Crippen LogP contribution in [0, 0.1) is 5.92 Å². The number of ether oxygens (including phenoxy) is 2. The molecule has 0 radical (unpaired) electrons. The van der Waals surface area contributed by atoms with Crippen molar-refractivity contribution in [2.75, 3.05) is 6.61 Å². The molecule has 0 spiro atoms. The lowest BCUT2D eigenvalue weighted by Gasteiger charge is -2.21. The molecule has 3 heteroatoms. The van der Waals surface area contributed by atoms with Crippen LogP contribution in [0.5, 0.6) is 0 Å². The molecule has 0 aromatic carbocycles. The van der Waals surface area contributed by atoms with Crippen LogP contribution in [0.1, 0.15) is 45.4 Å². The molecule has 1 atom stereocenters. The smallest absolute Gasteiger partial charge is 0.295 e. The Morgan fingerprint density at radius 3 is 2.71 bits per heavy atom. The monoisotopic (exact) mass is 200 g/mol. The highest BCUT2D eigenvalue weighted by molar-refractivity contribution is 5.37. The SMILES string of the molecule is CC(OC=O)OCCC1CCCCC1. The van der Waals surface area contributed by atoms with E-state index in [1.54, 1.807) is 6.92 Å². The first-order valence-corrected chi connectivity index (χ1v) is 5.53. The summed E-state index contributed by atoms with van der Waals surface area (Å²) < 4.78 is 9.96. The van der Waals surface area contributed by atoms with Gasteiger partial charge in [0, 0.05) is 0 Å². The van der Waals surface area contributed by atoms with Crippen molar-refractivity contribution in [2.45, 2.75) is 51.7 Å². The molecule has 1 rings (SSSR count). The van der Waals surface area contributed by atoms with Crippen LogP contribution < -0.4 is 0 Å². The van der Waals surface area contributed by atoms with Gasteiger partial charge in [0.25, 0.3) is 6.47 Å². The van der Waals surface area contributed by atoms with Crippen molar-refractivity contribution in [3.05, 3.63) is 0 Å². The number of carbonyl (C=O) groups excluding carboxylic acids is 1. The molecule has 1 unspecified atom stereocenters. The molecule has 1 fully saturated rings. The van der Waals surface area contributed by atoms with Gasteiger partial charge in [-0.2, -0.15) is 0 Å². The van der Waals surface area contributed by atoms with Crippen molar-refractivity contribution in [1.29, 1.82) is 0 Å². The Bertz CT molecular complexity index is 153. The van der Waals surface area contributed by atoms with E-state index in [9.17, 15) is 4.79 Å². The zero-order chi connectivity index (χ0) is 10.2. The lowest BCUT2D eigenvalue weighted by atomic mass is 9.87. The molecule has 82 valence electrons. The lowest BCUT2D eigenvalue weighted by molar-refractivity contribution is -0.160. The Morgan fingerprint density at radius 2 is 2.07 bits per heavy atom. The number of hydrogen-bond donors (Lipinski definition) is 0. The minimum Gasteiger partial charge on any atom is -0.438 e. The largest absolute Gasteiger partial charge is 0.438 e. The van der Waals surface area contributed by atoms with Gasteiger partial charge in [-0.05, 0) is 19.3 Å². The Morgan fingerprint density at radius 1 is 1.36 bits per heavy atom. The summed E-state index contributed by atoms with van der Waals surface area (Å²) in [6.45, 7) is 2.89. The first kappa shape index (κ1) is 11.5. The molecule has 0 aliphatic heterocycles. The third-order valence-electron chi connectivity index (χ3n) is 2.85. The maximum atomic E-state index is 9.98. The van der Waals surface area contributed by atoms with Crippen LogP contribution >= 0.6 is 0 Å². The molecule has 1 aliphatic rings. The van der Waals surface area contributed by atoms with Crippen LogP contribution in [-0.2, 0) is 14.3 Å². The van der Waals surface area contributed by atoms with Crippen molar-refractivity contribution in [3.8, 4) is 0 Å². The van der Waals surface area contributed by atoms with E-state index in [1.165, 1.54) is 32.1 Å². The van der Waals surface area contributed by atoms with Gasteiger partial charge in [0.2, 0.25) is 0 Å². The molecule has 0 N–H and O–H groups in total. The minimum absolute atomic E-state index is 0.393. The zero-order valence-electron chi connectivity index (χ0n) is 8.91. The molecule has 1 aliphatic carbocycles. The van der Waals surface area contributed by atoms with E-state index in [4.69, 9.17) is 4.74 Å². The lowest BCUT2D eigenvalue weighted by Crippen LogP contribution is -2.16. The van der Waals surface area contributed by atoms with E-state index in [-0.39, 0.29) is 0 Å². The van der Waals surface area contributed by atoms with Gasteiger partial charge in [0.1, 0.15) is 0 Å². The standard InChI is InChI=1S/C11H20O3/c1-10(14-9-12)13-8-7-11-5-3-2-4-6-11/h9-11H,2-8H2,1H3. The Hall–Kier alpha value is -0.570. The Labute approximate surface area is 85.8 Å². The molecule has 1 saturated carbocycles. The zero-order valence-corrected chi connectivity index (χ0v) is 8.91. The summed E-state index contributed by atoms with van der Waals surface area (Å²) in [4.78, 5) is 9.98. The molecular formula is C11H20O3. The molecule has 0 aromatic rings. The highest BCUT2D eigenvalue weighted by Crippen LogP contribution is 2.26. The van der Waals surface area contributed by atoms with Gasteiger partial charge in [0.05, 0.1) is 6.61 Å². The van der Waals surface area contributed by atoms with E-state index in [0.717, 1.165) is 12.3 Å². The van der Waals surface area contributed by atoms with Gasteiger partial charge in [-0.25, -0.2) is 0 Å². The van der Waals surface area contributed by atoms with Crippen molar-refractivity contribution < 1.29 is 14.3 Å². The topological polar surface area (TPSA) is 35.5 Å². The summed E-state index contributed by atoms with van der Waals surface area (Å²) in [6.07, 6.45) is 7.51. The van der Waals surface area contributed by atoms with E-state index < -0.39 is 6.29 Å². The summed E-state index contributed by atoms with van der Waals surface area (Å²) in [7, 11) is 0. The van der Waals surface area contributed by atoms with Crippen molar-refractivity contribution >= 4 is 6.47 Å². The molecule has 0 bridgehead atoms. The summed E-state index contributed by atoms with van der Waals surface area (Å²) in [6, 6.07) is 0. The quantitative estimate of drug-likeness (QED) is 0.488. The van der Waals surface area contributed by atoms with Crippen LogP contribution in [0.3, 0.4) is 0 Å².